The molecule has 0 saturated heterocycles. The number of primary amides is 1. The molecular formula is C12H15FN2O3. The highest BCUT2D eigenvalue weighted by Gasteiger charge is 2.12. The minimum atomic E-state index is -0.883. The van der Waals surface area contributed by atoms with Gasteiger partial charge in [-0.3, -0.25) is 9.59 Å². The zero-order valence-corrected chi connectivity index (χ0v) is 9.94. The number of nitrogens with two attached hydrogens (primary N) is 1. The minimum Gasteiger partial charge on any atom is -0.481 e. The van der Waals surface area contributed by atoms with E-state index in [9.17, 15) is 14.0 Å². The maximum absolute atomic E-state index is 13.0. The van der Waals surface area contributed by atoms with Gasteiger partial charge in [-0.05, 0) is 24.6 Å². The highest BCUT2D eigenvalue weighted by atomic mass is 19.1. The molecule has 0 fully saturated rings. The first-order valence-electron chi connectivity index (χ1n) is 5.48. The Kier molecular flexibility index (Phi) is 4.65. The van der Waals surface area contributed by atoms with Crippen molar-refractivity contribution in [1.82, 2.24) is 0 Å². The molecule has 1 aromatic rings. The summed E-state index contributed by atoms with van der Waals surface area (Å²) in [5, 5.41) is 11.6. The number of rotatable bonds is 6. The van der Waals surface area contributed by atoms with Gasteiger partial charge in [-0.1, -0.05) is 6.92 Å². The highest BCUT2D eigenvalue weighted by molar-refractivity contribution is 5.98. The standard InChI is InChI=1S/C12H15FN2O3/c1-7(12(17)18)4-5-15-10-3-2-8(13)6-9(10)11(14)16/h2-3,6-7,15H,4-5H2,1H3,(H2,14,16)(H,17,18). The maximum atomic E-state index is 13.0. The van der Waals surface area contributed by atoms with Crippen LogP contribution in [0.3, 0.4) is 0 Å². The zero-order chi connectivity index (χ0) is 13.7. The molecule has 0 aliphatic heterocycles. The van der Waals surface area contributed by atoms with Crippen molar-refractivity contribution >= 4 is 17.6 Å². The van der Waals surface area contributed by atoms with E-state index in [0.717, 1.165) is 6.07 Å². The lowest BCUT2D eigenvalue weighted by atomic mass is 10.1. The van der Waals surface area contributed by atoms with Crippen molar-refractivity contribution in [3.63, 3.8) is 0 Å². The third-order valence-electron chi connectivity index (χ3n) is 2.56. The fourth-order valence-corrected chi connectivity index (χ4v) is 1.42. The molecular weight excluding hydrogens is 239 g/mol. The Morgan fingerprint density at radius 2 is 2.17 bits per heavy atom. The Bertz CT molecular complexity index is 463. The molecule has 6 heteroatoms. The molecule has 1 atom stereocenters. The van der Waals surface area contributed by atoms with E-state index >= 15 is 0 Å². The van der Waals surface area contributed by atoms with Gasteiger partial charge in [-0.2, -0.15) is 0 Å². The van der Waals surface area contributed by atoms with Gasteiger partial charge < -0.3 is 16.2 Å². The number of hydrogen-bond donors (Lipinski definition) is 3. The van der Waals surface area contributed by atoms with Crippen LogP contribution < -0.4 is 11.1 Å². The van der Waals surface area contributed by atoms with Crippen LogP contribution in [0.2, 0.25) is 0 Å². The molecule has 0 saturated carbocycles. The number of benzene rings is 1. The fraction of sp³-hybridized carbons (Fsp3) is 0.333. The van der Waals surface area contributed by atoms with Crippen molar-refractivity contribution in [3.8, 4) is 0 Å². The third kappa shape index (κ3) is 3.73. The van der Waals surface area contributed by atoms with Gasteiger partial charge in [0.05, 0.1) is 11.5 Å². The number of carbonyl (C=O) groups is 2. The Hall–Kier alpha value is -2.11. The Labute approximate surface area is 104 Å². The van der Waals surface area contributed by atoms with Crippen LogP contribution in [-0.2, 0) is 4.79 Å². The van der Waals surface area contributed by atoms with Crippen molar-refractivity contribution in [2.24, 2.45) is 11.7 Å². The quantitative estimate of drug-likeness (QED) is 0.716. The van der Waals surface area contributed by atoms with Crippen molar-refractivity contribution < 1.29 is 19.1 Å². The molecule has 0 spiro atoms. The van der Waals surface area contributed by atoms with Crippen molar-refractivity contribution in [3.05, 3.63) is 29.6 Å². The predicted octanol–water partition coefficient (Wildman–Crippen LogP) is 1.45. The molecule has 1 rings (SSSR count). The average Bonchev–Trinajstić information content (AvgIpc) is 2.30. The lowest BCUT2D eigenvalue weighted by molar-refractivity contribution is -0.141. The van der Waals surface area contributed by atoms with E-state index in [-0.39, 0.29) is 5.56 Å². The third-order valence-corrected chi connectivity index (χ3v) is 2.56. The summed E-state index contributed by atoms with van der Waals surface area (Å²) in [5.41, 5.74) is 5.58. The van der Waals surface area contributed by atoms with Crippen LogP contribution in [0.1, 0.15) is 23.7 Å². The number of carboxylic acid groups (broad SMARTS) is 1. The summed E-state index contributed by atoms with van der Waals surface area (Å²) < 4.78 is 13.0. The van der Waals surface area contributed by atoms with Crippen LogP contribution >= 0.6 is 0 Å². The monoisotopic (exact) mass is 254 g/mol. The van der Waals surface area contributed by atoms with Gasteiger partial charge in [0.2, 0.25) is 0 Å². The maximum Gasteiger partial charge on any atom is 0.306 e. The molecule has 0 aliphatic carbocycles. The average molecular weight is 254 g/mol. The first-order chi connectivity index (χ1) is 8.41. The molecule has 4 N–H and O–H groups in total. The number of nitrogens with one attached hydrogen (secondary N) is 1. The summed E-state index contributed by atoms with van der Waals surface area (Å²) in [7, 11) is 0. The van der Waals surface area contributed by atoms with Gasteiger partial charge in [-0.15, -0.1) is 0 Å². The van der Waals surface area contributed by atoms with E-state index in [1.54, 1.807) is 6.92 Å². The summed E-state index contributed by atoms with van der Waals surface area (Å²) >= 11 is 0. The summed E-state index contributed by atoms with van der Waals surface area (Å²) in [4.78, 5) is 21.7. The lowest BCUT2D eigenvalue weighted by Gasteiger charge is -2.11. The second-order valence-electron chi connectivity index (χ2n) is 4.01. The van der Waals surface area contributed by atoms with E-state index in [2.05, 4.69) is 5.32 Å². The lowest BCUT2D eigenvalue weighted by Crippen LogP contribution is -2.18. The Morgan fingerprint density at radius 3 is 2.72 bits per heavy atom. The van der Waals surface area contributed by atoms with Crippen molar-refractivity contribution in [1.29, 1.82) is 0 Å². The number of aliphatic carboxylic acids is 1. The van der Waals surface area contributed by atoms with Gasteiger partial charge >= 0.3 is 5.97 Å². The predicted molar refractivity (Wildman–Crippen MR) is 64.8 cm³/mol. The van der Waals surface area contributed by atoms with E-state index < -0.39 is 23.6 Å². The molecule has 0 heterocycles. The van der Waals surface area contributed by atoms with Gasteiger partial charge in [0.1, 0.15) is 5.82 Å². The first kappa shape index (κ1) is 14.0. The normalized spacial score (nSPS) is 11.9. The van der Waals surface area contributed by atoms with Crippen LogP contribution in [-0.4, -0.2) is 23.5 Å². The van der Waals surface area contributed by atoms with Crippen LogP contribution in [0, 0.1) is 11.7 Å². The molecule has 0 aliphatic rings. The van der Waals surface area contributed by atoms with Crippen LogP contribution in [0.25, 0.3) is 0 Å². The SMILES string of the molecule is CC(CCNc1ccc(F)cc1C(N)=O)C(=O)O. The highest BCUT2D eigenvalue weighted by Crippen LogP contribution is 2.17. The van der Waals surface area contributed by atoms with Gasteiger partial charge in [0.25, 0.3) is 5.91 Å². The number of anilines is 1. The van der Waals surface area contributed by atoms with E-state index in [1.165, 1.54) is 12.1 Å². The number of amides is 1. The van der Waals surface area contributed by atoms with Crippen molar-refractivity contribution in [2.45, 2.75) is 13.3 Å². The molecule has 5 nitrogen and oxygen atoms in total. The zero-order valence-electron chi connectivity index (χ0n) is 9.94. The molecule has 0 radical (unpaired) electrons. The second kappa shape index (κ2) is 6.00. The molecule has 1 aromatic carbocycles. The Morgan fingerprint density at radius 1 is 1.50 bits per heavy atom. The molecule has 0 bridgehead atoms. The number of halogens is 1. The van der Waals surface area contributed by atoms with E-state index in [1.807, 2.05) is 0 Å². The molecule has 1 amide bonds. The van der Waals surface area contributed by atoms with Crippen LogP contribution in [0.5, 0.6) is 0 Å². The van der Waals surface area contributed by atoms with Crippen molar-refractivity contribution in [2.75, 3.05) is 11.9 Å². The minimum absolute atomic E-state index is 0.0537. The smallest absolute Gasteiger partial charge is 0.306 e. The second-order valence-corrected chi connectivity index (χ2v) is 4.01. The summed E-state index contributed by atoms with van der Waals surface area (Å²) in [6, 6.07) is 3.65. The Balaban J connectivity index is 2.67. The largest absolute Gasteiger partial charge is 0.481 e. The summed E-state index contributed by atoms with van der Waals surface area (Å²) in [6.45, 7) is 1.95. The van der Waals surface area contributed by atoms with E-state index in [4.69, 9.17) is 10.8 Å². The fourth-order valence-electron chi connectivity index (χ4n) is 1.42. The first-order valence-corrected chi connectivity index (χ1v) is 5.48. The van der Waals surface area contributed by atoms with Gasteiger partial charge in [0.15, 0.2) is 0 Å². The summed E-state index contributed by atoms with van der Waals surface area (Å²) in [5.74, 6) is -2.66. The number of carbonyl (C=O) groups excluding carboxylic acids is 1. The molecule has 98 valence electrons. The van der Waals surface area contributed by atoms with Crippen LogP contribution in [0.4, 0.5) is 10.1 Å². The molecule has 0 aromatic heterocycles. The van der Waals surface area contributed by atoms with E-state index in [0.29, 0.717) is 18.7 Å². The summed E-state index contributed by atoms with van der Waals surface area (Å²) in [6.07, 6.45) is 0.394. The molecule has 1 unspecified atom stereocenters. The van der Waals surface area contributed by atoms with Gasteiger partial charge in [-0.25, -0.2) is 4.39 Å². The van der Waals surface area contributed by atoms with Crippen LogP contribution in [0.15, 0.2) is 18.2 Å². The molecule has 18 heavy (non-hydrogen) atoms. The number of hydrogen-bond acceptors (Lipinski definition) is 3. The topological polar surface area (TPSA) is 92.4 Å². The number of carboxylic acids is 1. The van der Waals surface area contributed by atoms with Gasteiger partial charge in [0, 0.05) is 12.2 Å².